The number of barbiturate groups is 1. The van der Waals surface area contributed by atoms with E-state index in [0.717, 1.165) is 16.9 Å². The van der Waals surface area contributed by atoms with Crippen molar-refractivity contribution in [1.29, 1.82) is 0 Å². The molecule has 0 radical (unpaired) electrons. The van der Waals surface area contributed by atoms with Crippen molar-refractivity contribution < 1.29 is 23.9 Å². The van der Waals surface area contributed by atoms with Crippen LogP contribution in [-0.2, 0) is 16.2 Å². The number of hydrogen-bond acceptors (Lipinski definition) is 5. The highest BCUT2D eigenvalue weighted by molar-refractivity contribution is 6.39. The van der Waals surface area contributed by atoms with Gasteiger partial charge in [-0.15, -0.1) is 0 Å². The Balaban J connectivity index is 1.51. The normalized spacial score (nSPS) is 14.6. The first-order valence-electron chi connectivity index (χ1n) is 11.3. The molecule has 1 heterocycles. The number of rotatable bonds is 8. The molecular weight excluding hydrogens is 539 g/mol. The Morgan fingerprint density at radius 1 is 0.892 bits per heavy atom. The van der Waals surface area contributed by atoms with Crippen molar-refractivity contribution in [3.63, 3.8) is 0 Å². The summed E-state index contributed by atoms with van der Waals surface area (Å²) in [5.41, 5.74) is 1.31. The molecule has 3 aromatic rings. The topological polar surface area (TPSA) is 84.9 Å². The Morgan fingerprint density at radius 2 is 1.65 bits per heavy atom. The summed E-state index contributed by atoms with van der Waals surface area (Å²) < 4.78 is 11.3. The van der Waals surface area contributed by atoms with Gasteiger partial charge >= 0.3 is 6.03 Å². The average Bonchev–Trinajstić information content (AvgIpc) is 2.86. The summed E-state index contributed by atoms with van der Waals surface area (Å²) in [5.74, 6) is -0.569. The molecule has 1 aliphatic rings. The van der Waals surface area contributed by atoms with Gasteiger partial charge in [-0.1, -0.05) is 53.9 Å². The van der Waals surface area contributed by atoms with E-state index in [1.54, 1.807) is 60.7 Å². The highest BCUT2D eigenvalue weighted by atomic mass is 35.5. The molecule has 7 nitrogen and oxygen atoms in total. The third-order valence-electron chi connectivity index (χ3n) is 5.33. The van der Waals surface area contributed by atoms with Gasteiger partial charge in [-0.25, -0.2) is 9.69 Å². The van der Waals surface area contributed by atoms with Crippen LogP contribution in [0, 0.1) is 0 Å². The molecule has 190 valence electrons. The molecule has 0 aliphatic carbocycles. The molecule has 1 N–H and O–H groups in total. The lowest BCUT2D eigenvalue weighted by Crippen LogP contribution is -2.54. The van der Waals surface area contributed by atoms with Gasteiger partial charge in [0.1, 0.15) is 23.7 Å². The van der Waals surface area contributed by atoms with Gasteiger partial charge in [-0.3, -0.25) is 14.9 Å². The fourth-order valence-corrected chi connectivity index (χ4v) is 4.19. The van der Waals surface area contributed by atoms with Crippen molar-refractivity contribution in [1.82, 2.24) is 5.32 Å². The standard InChI is InChI=1S/C27H21Cl3N2O5/c1-2-11-36-24-10-3-16(13-23(24)30)12-21-25(33)31-27(35)32(26(21)34)19-6-8-20(9-7-19)37-15-17-4-5-18(28)14-22(17)29/h3-10,12-14H,2,11,15H2,1H3,(H,31,33,35)/b21-12+. The lowest BCUT2D eigenvalue weighted by molar-refractivity contribution is -0.122. The third kappa shape index (κ3) is 6.25. The fourth-order valence-electron chi connectivity index (χ4n) is 3.49. The Labute approximate surface area is 228 Å². The predicted octanol–water partition coefficient (Wildman–Crippen LogP) is 6.68. The SMILES string of the molecule is CCCOc1ccc(/C=C2\C(=O)NC(=O)N(c3ccc(OCc4ccc(Cl)cc4Cl)cc3)C2=O)cc1Cl. The van der Waals surface area contributed by atoms with E-state index in [1.165, 1.54) is 6.08 Å². The van der Waals surface area contributed by atoms with E-state index in [0.29, 0.717) is 38.7 Å². The molecule has 4 amide bonds. The van der Waals surface area contributed by atoms with Crippen molar-refractivity contribution in [2.75, 3.05) is 11.5 Å². The number of anilines is 1. The van der Waals surface area contributed by atoms with Gasteiger partial charge in [0.25, 0.3) is 11.8 Å². The zero-order chi connectivity index (χ0) is 26.5. The van der Waals surface area contributed by atoms with Gasteiger partial charge < -0.3 is 9.47 Å². The monoisotopic (exact) mass is 558 g/mol. The average molecular weight is 560 g/mol. The van der Waals surface area contributed by atoms with Crippen molar-refractivity contribution >= 4 is 64.4 Å². The summed E-state index contributed by atoms with van der Waals surface area (Å²) in [6, 6.07) is 15.5. The molecule has 0 spiro atoms. The molecule has 0 atom stereocenters. The maximum absolute atomic E-state index is 13.2. The van der Waals surface area contributed by atoms with Crippen LogP contribution in [0.3, 0.4) is 0 Å². The zero-order valence-electron chi connectivity index (χ0n) is 19.6. The second-order valence-electron chi connectivity index (χ2n) is 8.01. The molecule has 1 fully saturated rings. The van der Waals surface area contributed by atoms with E-state index in [2.05, 4.69) is 5.32 Å². The predicted molar refractivity (Wildman–Crippen MR) is 143 cm³/mol. The number of nitrogens with zero attached hydrogens (tertiary/aromatic N) is 1. The highest BCUT2D eigenvalue weighted by Crippen LogP contribution is 2.29. The van der Waals surface area contributed by atoms with E-state index in [1.807, 2.05) is 6.92 Å². The number of imide groups is 2. The number of halogens is 3. The van der Waals surface area contributed by atoms with Gasteiger partial charge in [0.05, 0.1) is 17.3 Å². The van der Waals surface area contributed by atoms with Crippen LogP contribution in [0.4, 0.5) is 10.5 Å². The van der Waals surface area contributed by atoms with Crippen LogP contribution in [0.5, 0.6) is 11.5 Å². The maximum Gasteiger partial charge on any atom is 0.335 e. The van der Waals surface area contributed by atoms with Crippen LogP contribution in [0.25, 0.3) is 6.08 Å². The lowest BCUT2D eigenvalue weighted by atomic mass is 10.1. The number of benzene rings is 3. The lowest BCUT2D eigenvalue weighted by Gasteiger charge is -2.26. The number of hydrogen-bond donors (Lipinski definition) is 1. The summed E-state index contributed by atoms with van der Waals surface area (Å²) in [6.45, 7) is 2.69. The Bertz CT molecular complexity index is 1390. The van der Waals surface area contributed by atoms with E-state index >= 15 is 0 Å². The summed E-state index contributed by atoms with van der Waals surface area (Å²) in [4.78, 5) is 39.0. The molecule has 37 heavy (non-hydrogen) atoms. The second kappa shape index (κ2) is 11.7. The number of urea groups is 1. The first kappa shape index (κ1) is 26.5. The summed E-state index contributed by atoms with van der Waals surface area (Å²) in [5, 5.41) is 3.55. The number of ether oxygens (including phenoxy) is 2. The smallest absolute Gasteiger partial charge is 0.335 e. The molecule has 1 aliphatic heterocycles. The second-order valence-corrected chi connectivity index (χ2v) is 9.27. The molecule has 4 rings (SSSR count). The van der Waals surface area contributed by atoms with Crippen molar-refractivity contribution in [3.05, 3.63) is 92.4 Å². The maximum atomic E-state index is 13.2. The van der Waals surface area contributed by atoms with Crippen LogP contribution in [0.1, 0.15) is 24.5 Å². The summed E-state index contributed by atoms with van der Waals surface area (Å²) in [7, 11) is 0. The Kier molecular flexibility index (Phi) is 8.38. The highest BCUT2D eigenvalue weighted by Gasteiger charge is 2.36. The number of carbonyl (C=O) groups excluding carboxylic acids is 3. The Hall–Kier alpha value is -3.52. The molecule has 10 heteroatoms. The Morgan fingerprint density at radius 3 is 2.32 bits per heavy atom. The van der Waals surface area contributed by atoms with Crippen LogP contribution >= 0.6 is 34.8 Å². The molecule has 0 bridgehead atoms. The van der Waals surface area contributed by atoms with Crippen LogP contribution in [0.2, 0.25) is 15.1 Å². The molecule has 1 saturated heterocycles. The van der Waals surface area contributed by atoms with Gasteiger partial charge in [-0.2, -0.15) is 0 Å². The zero-order valence-corrected chi connectivity index (χ0v) is 21.9. The van der Waals surface area contributed by atoms with E-state index in [4.69, 9.17) is 44.3 Å². The van der Waals surface area contributed by atoms with Crippen LogP contribution in [-0.4, -0.2) is 24.5 Å². The van der Waals surface area contributed by atoms with Gasteiger partial charge in [0, 0.05) is 15.6 Å². The van der Waals surface area contributed by atoms with Crippen LogP contribution < -0.4 is 19.7 Å². The first-order chi connectivity index (χ1) is 17.8. The number of carbonyl (C=O) groups is 3. The summed E-state index contributed by atoms with van der Waals surface area (Å²) in [6.07, 6.45) is 2.20. The number of amides is 4. The van der Waals surface area contributed by atoms with Gasteiger partial charge in [0.15, 0.2) is 0 Å². The van der Waals surface area contributed by atoms with Gasteiger partial charge in [-0.05, 0) is 66.6 Å². The molecule has 0 aromatic heterocycles. The molecule has 0 saturated carbocycles. The summed E-state index contributed by atoms with van der Waals surface area (Å²) >= 11 is 18.4. The van der Waals surface area contributed by atoms with E-state index < -0.39 is 17.8 Å². The van der Waals surface area contributed by atoms with Crippen molar-refractivity contribution in [2.45, 2.75) is 20.0 Å². The quantitative estimate of drug-likeness (QED) is 0.246. The largest absolute Gasteiger partial charge is 0.492 e. The minimum atomic E-state index is -0.852. The minimum Gasteiger partial charge on any atom is -0.492 e. The van der Waals surface area contributed by atoms with Crippen molar-refractivity contribution in [2.24, 2.45) is 0 Å². The first-order valence-corrected chi connectivity index (χ1v) is 12.4. The van der Waals surface area contributed by atoms with E-state index in [-0.39, 0.29) is 17.9 Å². The molecule has 0 unspecified atom stereocenters. The van der Waals surface area contributed by atoms with Gasteiger partial charge in [0.2, 0.25) is 0 Å². The number of nitrogens with one attached hydrogen (secondary N) is 1. The van der Waals surface area contributed by atoms with Crippen LogP contribution in [0.15, 0.2) is 66.2 Å². The third-order valence-corrected chi connectivity index (χ3v) is 6.22. The fraction of sp³-hybridized carbons (Fsp3) is 0.148. The minimum absolute atomic E-state index is 0.199. The van der Waals surface area contributed by atoms with E-state index in [9.17, 15) is 14.4 Å². The van der Waals surface area contributed by atoms with Crippen molar-refractivity contribution in [3.8, 4) is 11.5 Å². The molecule has 3 aromatic carbocycles. The molecular formula is C27H21Cl3N2O5.